The molecule has 0 aliphatic carbocycles. The summed E-state index contributed by atoms with van der Waals surface area (Å²) in [4.78, 5) is 20.1. The molecule has 0 aliphatic heterocycles. The molecule has 7 nitrogen and oxygen atoms in total. The third kappa shape index (κ3) is 76.3. The zero-order chi connectivity index (χ0) is 34.5. The second-order valence-electron chi connectivity index (χ2n) is 10.8. The Labute approximate surface area is 362 Å². The Morgan fingerprint density at radius 2 is 0.714 bits per heavy atom. The molecule has 11 heteroatoms. The van der Waals surface area contributed by atoms with E-state index in [0.29, 0.717) is 13.2 Å². The normalized spacial score (nSPS) is 8.70. The number of hydrogen-bond acceptors (Lipinski definition) is 7. The van der Waals surface area contributed by atoms with Crippen LogP contribution in [0.3, 0.4) is 0 Å². The Hall–Kier alpha value is -2.39. The minimum Gasteiger partial charge on any atom is -0.463 e. The van der Waals surface area contributed by atoms with Crippen molar-refractivity contribution in [2.75, 3.05) is 13.2 Å². The molecule has 56 heavy (non-hydrogen) atoms. The monoisotopic (exact) mass is 873 g/mol. The van der Waals surface area contributed by atoms with Crippen molar-refractivity contribution in [3.8, 4) is 0 Å². The van der Waals surface area contributed by atoms with Gasteiger partial charge in [0, 0.05) is 12.2 Å². The number of carbonyl (C=O) groups is 2. The van der Waals surface area contributed by atoms with Gasteiger partial charge in [-0.3, -0.25) is 0 Å². The van der Waals surface area contributed by atoms with Crippen molar-refractivity contribution in [3.63, 3.8) is 0 Å². The minimum atomic E-state index is -2.01. The fourth-order valence-corrected chi connectivity index (χ4v) is 17.5. The highest BCUT2D eigenvalue weighted by Gasteiger charge is 2.36. The summed E-state index contributed by atoms with van der Waals surface area (Å²) in [5.74, 6) is -0.718. The molecule has 1 unspecified atom stereocenters. The Morgan fingerprint density at radius 3 is 0.875 bits per heavy atom. The van der Waals surface area contributed by atoms with Crippen molar-refractivity contribution in [1.82, 2.24) is 0 Å². The molecule has 0 saturated heterocycles. The van der Waals surface area contributed by atoms with Crippen LogP contribution in [0.4, 0.5) is 0 Å². The Balaban J connectivity index is -0.0000000294. The molecule has 2 aromatic rings. The highest BCUT2D eigenvalue weighted by molar-refractivity contribution is 6.85. The molecule has 0 radical (unpaired) electrons. The summed E-state index contributed by atoms with van der Waals surface area (Å²) in [6.45, 7) is 30.7. The van der Waals surface area contributed by atoms with Crippen LogP contribution in [0.1, 0.15) is 117 Å². The first-order chi connectivity index (χ1) is 20.5. The molecule has 0 aliphatic rings. The van der Waals surface area contributed by atoms with Gasteiger partial charge in [-0.05, 0) is 71.8 Å². The van der Waals surface area contributed by atoms with Crippen molar-refractivity contribution < 1.29 is 31.4 Å². The maximum Gasteiger partial charge on any atom is 0.330 e. The maximum absolute atomic E-state index is 10.1. The Morgan fingerprint density at radius 1 is 0.482 bits per heavy atom. The van der Waals surface area contributed by atoms with Crippen molar-refractivity contribution in [2.24, 2.45) is 0 Å². The fraction of sp³-hybridized carbons (Fsp3) is 0.600. The first-order valence-corrected chi connectivity index (χ1v) is 26.3. The molecule has 1 atom stereocenters. The van der Waals surface area contributed by atoms with E-state index < -0.39 is 34.5 Å². The smallest absolute Gasteiger partial charge is 0.330 e. The highest BCUT2D eigenvalue weighted by atomic mass is 28.5. The molecule has 346 valence electrons. The minimum absolute atomic E-state index is 0. The standard InChI is InChI=1S/C11H32O3Si4.2C6H6.2C5H8O2.12CH4/c1-10-16(4,5)12-15(3)13-18(8,9)14-17(6,7)11-2;2*1-2-4-6-5-3-1;2*1-3-5(6)7-4-2;;;;;;;;;;;;/h15H,10-11H2,1-9H3;2*1-6H;2*3H,1,4H2,2H3;12*1H4. The van der Waals surface area contributed by atoms with E-state index in [0.717, 1.165) is 24.2 Å². The molecule has 0 amide bonds. The van der Waals surface area contributed by atoms with E-state index in [2.05, 4.69) is 82.3 Å². The van der Waals surface area contributed by atoms with Crippen LogP contribution in [0.25, 0.3) is 0 Å². The molecular weight excluding hydrogens is 765 g/mol. The van der Waals surface area contributed by atoms with E-state index in [1.165, 1.54) is 0 Å². The van der Waals surface area contributed by atoms with E-state index in [9.17, 15) is 9.59 Å². The van der Waals surface area contributed by atoms with Gasteiger partial charge in [0.15, 0.2) is 16.6 Å². The van der Waals surface area contributed by atoms with Crippen molar-refractivity contribution >= 4 is 46.4 Å². The van der Waals surface area contributed by atoms with E-state index in [-0.39, 0.29) is 101 Å². The van der Waals surface area contributed by atoms with Crippen LogP contribution in [-0.2, 0) is 31.4 Å². The number of hydrogen-bond donors (Lipinski definition) is 0. The average Bonchev–Trinajstić information content (AvgIpc) is 2.99. The zero-order valence-corrected chi connectivity index (χ0v) is 33.4. The van der Waals surface area contributed by atoms with Gasteiger partial charge in [0.25, 0.3) is 9.28 Å². The number of esters is 2. The van der Waals surface area contributed by atoms with Crippen LogP contribution in [0.15, 0.2) is 98.1 Å². The lowest BCUT2D eigenvalue weighted by Gasteiger charge is -2.36. The van der Waals surface area contributed by atoms with E-state index in [4.69, 9.17) is 12.3 Å². The topological polar surface area (TPSA) is 80.3 Å². The third-order valence-corrected chi connectivity index (χ3v) is 20.5. The average molecular weight is 874 g/mol. The van der Waals surface area contributed by atoms with E-state index >= 15 is 0 Å². The quantitative estimate of drug-likeness (QED) is 0.119. The summed E-state index contributed by atoms with van der Waals surface area (Å²) in [6.07, 6.45) is 2.28. The van der Waals surface area contributed by atoms with Gasteiger partial charge in [-0.15, -0.1) is 0 Å². The molecular formula is C45H108O7Si4. The molecule has 2 rings (SSSR count). The molecule has 0 fully saturated rings. The number of benzene rings is 2. The largest absolute Gasteiger partial charge is 0.463 e. The maximum atomic E-state index is 10.1. The van der Waals surface area contributed by atoms with Gasteiger partial charge in [0.1, 0.15) is 0 Å². The Kier molecular flexibility index (Phi) is 110. The SMILES string of the molecule is C.C.C.C.C.C.C.C.C.C.C.C.C=CC(=O)OCC.C=CC(=O)OCC.CC[Si](C)(C)O[SiH](C)O[Si](C)(C)O[Si](C)(C)CC.c1ccccc1.c1ccccc1. The predicted molar refractivity (Wildman–Crippen MR) is 277 cm³/mol. The summed E-state index contributed by atoms with van der Waals surface area (Å²) >= 11 is 0. The predicted octanol–water partition coefficient (Wildman–Crippen LogP) is 16.5. The summed E-state index contributed by atoms with van der Waals surface area (Å²) < 4.78 is 27.6. The van der Waals surface area contributed by atoms with E-state index in [1.807, 2.05) is 72.8 Å². The van der Waals surface area contributed by atoms with Gasteiger partial charge in [0.2, 0.25) is 0 Å². The molecule has 0 heterocycles. The van der Waals surface area contributed by atoms with Gasteiger partial charge < -0.3 is 21.8 Å². The fourth-order valence-electron chi connectivity index (χ4n) is 2.89. The van der Waals surface area contributed by atoms with E-state index in [1.54, 1.807) is 13.8 Å². The second kappa shape index (κ2) is 61.8. The Bertz CT molecular complexity index is 870. The van der Waals surface area contributed by atoms with Gasteiger partial charge in [-0.25, -0.2) is 9.59 Å². The molecule has 2 aromatic carbocycles. The summed E-state index contributed by atoms with van der Waals surface area (Å²) in [6, 6.07) is 26.3. The van der Waals surface area contributed by atoms with Gasteiger partial charge in [0.05, 0.1) is 13.2 Å². The van der Waals surface area contributed by atoms with Gasteiger partial charge in [-0.1, -0.05) is 189 Å². The highest BCUT2D eigenvalue weighted by Crippen LogP contribution is 2.21. The molecule has 0 spiro atoms. The summed E-state index contributed by atoms with van der Waals surface area (Å²) in [5.41, 5.74) is 0. The number of carbonyl (C=O) groups excluding carboxylic acids is 2. The number of ether oxygens (including phenoxy) is 2. The van der Waals surface area contributed by atoms with Crippen LogP contribution in [0, 0.1) is 0 Å². The van der Waals surface area contributed by atoms with Crippen LogP contribution in [0.2, 0.25) is 57.9 Å². The van der Waals surface area contributed by atoms with Crippen LogP contribution in [0.5, 0.6) is 0 Å². The number of rotatable bonds is 12. The third-order valence-electron chi connectivity index (χ3n) is 5.40. The van der Waals surface area contributed by atoms with Crippen LogP contribution < -0.4 is 0 Å². The summed E-state index contributed by atoms with van der Waals surface area (Å²) in [5, 5.41) is 0. The summed E-state index contributed by atoms with van der Waals surface area (Å²) in [7, 11) is -6.59. The lowest BCUT2D eigenvalue weighted by molar-refractivity contribution is -0.138. The van der Waals surface area contributed by atoms with Crippen molar-refractivity contribution in [1.29, 1.82) is 0 Å². The second-order valence-corrected chi connectivity index (χ2v) is 25.8. The first-order valence-electron chi connectivity index (χ1n) is 15.2. The van der Waals surface area contributed by atoms with Crippen molar-refractivity contribution in [2.45, 2.75) is 175 Å². The molecule has 0 bridgehead atoms. The lowest BCUT2D eigenvalue weighted by Crippen LogP contribution is -2.50. The molecule has 0 N–H and O–H groups in total. The van der Waals surface area contributed by atoms with Gasteiger partial charge in [-0.2, -0.15) is 0 Å². The molecule has 0 aromatic heterocycles. The molecule has 0 saturated carbocycles. The van der Waals surface area contributed by atoms with Crippen molar-refractivity contribution in [3.05, 3.63) is 98.1 Å². The van der Waals surface area contributed by atoms with Crippen LogP contribution >= 0.6 is 0 Å². The van der Waals surface area contributed by atoms with Gasteiger partial charge >= 0.3 is 20.5 Å². The lowest BCUT2D eigenvalue weighted by atomic mass is 10.4. The first kappa shape index (κ1) is 99.5. The van der Waals surface area contributed by atoms with Crippen LogP contribution in [-0.4, -0.2) is 59.6 Å². The zero-order valence-electron chi connectivity index (χ0n) is 29.3.